The van der Waals surface area contributed by atoms with Gasteiger partial charge in [-0.25, -0.2) is 0 Å². The van der Waals surface area contributed by atoms with Crippen molar-refractivity contribution in [1.82, 2.24) is 0 Å². The minimum Gasteiger partial charge on any atom is -1.00 e. The zero-order chi connectivity index (χ0) is 20.2. The van der Waals surface area contributed by atoms with Gasteiger partial charge in [0.1, 0.15) is 5.75 Å². The number of ether oxygens (including phenoxy) is 2. The summed E-state index contributed by atoms with van der Waals surface area (Å²) >= 11 is 0. The number of carbonyl (C=O) groups is 2. The van der Waals surface area contributed by atoms with Crippen LogP contribution in [0.4, 0.5) is 0 Å². The maximum Gasteiger partial charge on any atom is 1.00 e. The Balaban J connectivity index is -0.000000208. The summed E-state index contributed by atoms with van der Waals surface area (Å²) in [5.41, 5.74) is 0.574. The fourth-order valence-corrected chi connectivity index (χ4v) is 2.42. The van der Waals surface area contributed by atoms with Crippen molar-refractivity contribution in [2.75, 3.05) is 13.2 Å². The van der Waals surface area contributed by atoms with Gasteiger partial charge in [0.05, 0.1) is 6.42 Å². The number of esters is 1. The number of carbonyl (C=O) groups excluding carboxylic acids is 1. The Hall–Kier alpha value is -0.230. The van der Waals surface area contributed by atoms with E-state index in [-0.39, 0.29) is 67.7 Å². The van der Waals surface area contributed by atoms with Crippen LogP contribution in [0, 0.1) is 0 Å². The number of hydrogen-bond acceptors (Lipinski definition) is 6. The largest absolute Gasteiger partial charge is 1.00 e. The summed E-state index contributed by atoms with van der Waals surface area (Å²) in [6.45, 7) is 9.20. The molecule has 1 atom stereocenters. The topological polar surface area (TPSA) is 127 Å². The van der Waals surface area contributed by atoms with E-state index in [2.05, 4.69) is 6.58 Å². The number of aliphatic carboxylic acids is 1. The van der Waals surface area contributed by atoms with E-state index in [4.69, 9.17) is 19.1 Å². The molecule has 0 radical (unpaired) electrons. The fraction of sp³-hybridized carbons (Fsp3) is 0.412. The number of carboxylic acids is 1. The Morgan fingerprint density at radius 3 is 2.14 bits per heavy atom. The summed E-state index contributed by atoms with van der Waals surface area (Å²) in [6.07, 6.45) is 0.852. The molecule has 0 bridgehead atoms. The van der Waals surface area contributed by atoms with E-state index in [1.807, 2.05) is 13.8 Å². The molecule has 0 spiro atoms. The molecule has 0 aliphatic carbocycles. The molecule has 0 heterocycles. The Morgan fingerprint density at radius 1 is 1.21 bits per heavy atom. The van der Waals surface area contributed by atoms with E-state index in [0.717, 1.165) is 13.2 Å². The molecule has 1 rings (SSSR count). The Labute approximate surface area is 213 Å². The van der Waals surface area contributed by atoms with Gasteiger partial charge in [0.2, 0.25) is 0 Å². The van der Waals surface area contributed by atoms with Crippen molar-refractivity contribution in [2.24, 2.45) is 0 Å². The molecule has 0 saturated heterocycles. The van der Waals surface area contributed by atoms with E-state index in [0.29, 0.717) is 12.0 Å². The van der Waals surface area contributed by atoms with Crippen LogP contribution in [-0.4, -0.2) is 48.5 Å². The first-order chi connectivity index (χ1) is 12.2. The summed E-state index contributed by atoms with van der Waals surface area (Å²) < 4.78 is 40.8. The molecule has 2 N–H and O–H groups in total. The van der Waals surface area contributed by atoms with Gasteiger partial charge in [0.15, 0.2) is 5.25 Å². The quantitative estimate of drug-likeness (QED) is 0.133. The summed E-state index contributed by atoms with van der Waals surface area (Å²) in [5.74, 6) is -2.81. The molecule has 1 aromatic rings. The number of rotatable bonds is 9. The molecule has 150 valence electrons. The van der Waals surface area contributed by atoms with Crippen LogP contribution in [0.2, 0.25) is 0 Å². The first-order valence-electron chi connectivity index (χ1n) is 7.83. The summed E-state index contributed by atoms with van der Waals surface area (Å²) in [7, 11) is -4.88. The van der Waals surface area contributed by atoms with Crippen molar-refractivity contribution in [3.8, 4) is 5.75 Å². The third-order valence-electron chi connectivity index (χ3n) is 2.94. The third kappa shape index (κ3) is 13.9. The number of allylic oxidation sites excluding steroid dienone is 1. The van der Waals surface area contributed by atoms with Crippen LogP contribution < -0.4 is 63.9 Å². The number of benzene rings is 1. The maximum absolute atomic E-state index is 11.8. The van der Waals surface area contributed by atoms with Gasteiger partial charge in [-0.05, 0) is 31.9 Å². The van der Waals surface area contributed by atoms with E-state index in [1.54, 1.807) is 24.3 Å². The van der Waals surface area contributed by atoms with Gasteiger partial charge in [0, 0.05) is 13.2 Å². The summed E-state index contributed by atoms with van der Waals surface area (Å²) in [6, 6.07) is 6.32. The van der Waals surface area contributed by atoms with Crippen molar-refractivity contribution in [3.05, 3.63) is 42.5 Å². The zero-order valence-corrected chi connectivity index (χ0v) is 21.6. The maximum atomic E-state index is 11.8. The van der Waals surface area contributed by atoms with Crippen LogP contribution >= 0.6 is 0 Å². The van der Waals surface area contributed by atoms with Crippen molar-refractivity contribution in [1.29, 1.82) is 0 Å². The molecule has 0 aliphatic heterocycles. The smallest absolute Gasteiger partial charge is 1.00 e. The first kappa shape index (κ1) is 32.4. The van der Waals surface area contributed by atoms with Gasteiger partial charge in [0.25, 0.3) is 10.1 Å². The number of hydrogen-bond donors (Lipinski definition) is 2. The summed E-state index contributed by atoms with van der Waals surface area (Å²) in [4.78, 5) is 22.4. The first-order valence-corrected chi connectivity index (χ1v) is 9.33. The monoisotopic (exact) mass is 436 g/mol. The minimum atomic E-state index is -4.88. The summed E-state index contributed by atoms with van der Waals surface area (Å²) in [5, 5.41) is 6.43. The average molecular weight is 436 g/mol. The van der Waals surface area contributed by atoms with Gasteiger partial charge >= 0.3 is 71.1 Å². The second kappa shape index (κ2) is 17.6. The van der Waals surface area contributed by atoms with Gasteiger partial charge in [-0.1, -0.05) is 24.3 Å². The second-order valence-electron chi connectivity index (χ2n) is 4.90. The number of para-hydroxylation sites is 1. The molecule has 0 fully saturated rings. The molecule has 0 saturated carbocycles. The van der Waals surface area contributed by atoms with Crippen LogP contribution in [0.5, 0.6) is 5.75 Å². The van der Waals surface area contributed by atoms with E-state index < -0.39 is 33.7 Å². The average Bonchev–Trinajstić information content (AvgIpc) is 2.55. The van der Waals surface area contributed by atoms with Crippen molar-refractivity contribution in [3.63, 3.8) is 0 Å². The second-order valence-corrected chi connectivity index (χ2v) is 6.50. The SMILES string of the molecule is C=CCc1ccccc1OC(=O)C(CC(=O)O)S(=O)(=O)O.CCOCC.[H-].[H-].[Na+].[Na+]. The normalized spacial score (nSPS) is 10.8. The van der Waals surface area contributed by atoms with Gasteiger partial charge < -0.3 is 17.4 Å². The predicted octanol–water partition coefficient (Wildman–Crippen LogP) is -3.67. The molecule has 0 aromatic heterocycles. The van der Waals surface area contributed by atoms with Gasteiger partial charge in [-0.2, -0.15) is 8.42 Å². The van der Waals surface area contributed by atoms with E-state index in [1.165, 1.54) is 6.07 Å². The molecule has 28 heavy (non-hydrogen) atoms. The van der Waals surface area contributed by atoms with Crippen molar-refractivity contribution < 1.29 is 99.1 Å². The van der Waals surface area contributed by atoms with Crippen molar-refractivity contribution in [2.45, 2.75) is 31.9 Å². The van der Waals surface area contributed by atoms with E-state index in [9.17, 15) is 18.0 Å². The molecular weight excluding hydrogens is 410 g/mol. The third-order valence-corrected chi connectivity index (χ3v) is 4.02. The standard InChI is InChI=1S/C13H14O7S.C4H10O.2Na.2H/c1-2-5-9-6-3-4-7-10(9)20-13(16)11(8-12(14)15)21(17,18)19;1-3-5-4-2;;;;/h2-4,6-7,11H,1,5,8H2,(H,14,15)(H,17,18,19);3-4H2,1-2H3;;;;/q;;2*+1;2*-1. The van der Waals surface area contributed by atoms with E-state index >= 15 is 0 Å². The molecular formula is C17H26Na2O8S. The predicted molar refractivity (Wildman–Crippen MR) is 98.0 cm³/mol. The van der Waals surface area contributed by atoms with Crippen LogP contribution in [-0.2, 0) is 30.9 Å². The molecule has 0 aliphatic rings. The van der Waals surface area contributed by atoms with Gasteiger partial charge in [-0.15, -0.1) is 6.58 Å². The minimum absolute atomic E-state index is 0. The molecule has 0 amide bonds. The molecule has 1 aromatic carbocycles. The molecule has 1 unspecified atom stereocenters. The van der Waals surface area contributed by atoms with Gasteiger partial charge in [-0.3, -0.25) is 14.1 Å². The fourth-order valence-electron chi connectivity index (χ4n) is 1.77. The van der Waals surface area contributed by atoms with Crippen LogP contribution in [0.3, 0.4) is 0 Å². The molecule has 11 heteroatoms. The zero-order valence-electron chi connectivity index (χ0n) is 18.8. The van der Waals surface area contributed by atoms with Crippen LogP contribution in [0.15, 0.2) is 36.9 Å². The Kier molecular flexibility index (Phi) is 20.4. The van der Waals surface area contributed by atoms with Crippen LogP contribution in [0.1, 0.15) is 28.7 Å². The molecule has 8 nitrogen and oxygen atoms in total. The van der Waals surface area contributed by atoms with Crippen LogP contribution in [0.25, 0.3) is 0 Å². The van der Waals surface area contributed by atoms with Crippen molar-refractivity contribution >= 4 is 22.1 Å². The number of carboxylic acid groups (broad SMARTS) is 1. The Bertz CT molecular complexity index is 715. The Morgan fingerprint density at radius 2 is 1.75 bits per heavy atom.